The predicted molar refractivity (Wildman–Crippen MR) is 63.2 cm³/mol. The molecule has 0 aliphatic carbocycles. The number of hydrogen-bond donors (Lipinski definition) is 1. The third kappa shape index (κ3) is 5.25. The van der Waals surface area contributed by atoms with Crippen LogP contribution < -0.4 is 5.32 Å². The maximum atomic E-state index is 12.0. The Kier molecular flexibility index (Phi) is 5.91. The summed E-state index contributed by atoms with van der Waals surface area (Å²) in [6.07, 6.45) is -2.36. The quantitative estimate of drug-likeness (QED) is 0.800. The average Bonchev–Trinajstić information content (AvgIpc) is 2.28. The molecule has 1 heterocycles. The fourth-order valence-electron chi connectivity index (χ4n) is 2.14. The van der Waals surface area contributed by atoms with Gasteiger partial charge in [-0.2, -0.15) is 13.2 Å². The molecule has 0 spiro atoms. The Balaban J connectivity index is 2.34. The molecule has 3 nitrogen and oxygen atoms in total. The molecule has 0 aromatic heterocycles. The van der Waals surface area contributed by atoms with Crippen molar-refractivity contribution >= 4 is 5.91 Å². The molecule has 0 aromatic carbocycles. The summed E-state index contributed by atoms with van der Waals surface area (Å²) < 4.78 is 36.1. The molecule has 1 atom stereocenters. The van der Waals surface area contributed by atoms with Gasteiger partial charge in [-0.1, -0.05) is 6.92 Å². The Labute approximate surface area is 106 Å². The standard InChI is InChI=1S/C12H21F3N2O/c1-2-7-16-10-5-3-8-17(11(10)18)9-4-6-12(13,14)15/h10,16H,2-9H2,1H3. The van der Waals surface area contributed by atoms with Crippen LogP contribution in [0.1, 0.15) is 39.0 Å². The molecule has 6 heteroatoms. The second-order valence-electron chi connectivity index (χ2n) is 4.69. The van der Waals surface area contributed by atoms with E-state index in [1.165, 1.54) is 0 Å². The van der Waals surface area contributed by atoms with Gasteiger partial charge in [0.2, 0.25) is 5.91 Å². The number of nitrogens with one attached hydrogen (secondary N) is 1. The van der Waals surface area contributed by atoms with Crippen LogP contribution >= 0.6 is 0 Å². The number of halogens is 3. The number of carbonyl (C=O) groups is 1. The number of nitrogens with zero attached hydrogens (tertiary/aromatic N) is 1. The number of piperidine rings is 1. The summed E-state index contributed by atoms with van der Waals surface area (Å²) in [6.45, 7) is 3.58. The van der Waals surface area contributed by atoms with Crippen molar-refractivity contribution in [2.75, 3.05) is 19.6 Å². The minimum Gasteiger partial charge on any atom is -0.341 e. The predicted octanol–water partition coefficient (Wildman–Crippen LogP) is 2.32. The summed E-state index contributed by atoms with van der Waals surface area (Å²) in [6, 6.07) is -0.204. The van der Waals surface area contributed by atoms with E-state index < -0.39 is 12.6 Å². The summed E-state index contributed by atoms with van der Waals surface area (Å²) in [5.41, 5.74) is 0. The summed E-state index contributed by atoms with van der Waals surface area (Å²) in [7, 11) is 0. The lowest BCUT2D eigenvalue weighted by molar-refractivity contribution is -0.142. The third-order valence-corrected chi connectivity index (χ3v) is 3.06. The Hall–Kier alpha value is -0.780. The van der Waals surface area contributed by atoms with Gasteiger partial charge in [-0.3, -0.25) is 4.79 Å². The number of carbonyl (C=O) groups excluding carboxylic acids is 1. The Bertz CT molecular complexity index is 269. The molecule has 106 valence electrons. The second-order valence-corrected chi connectivity index (χ2v) is 4.69. The SMILES string of the molecule is CCCNC1CCCN(CCCC(F)(F)F)C1=O. The molecule has 1 aliphatic heterocycles. The summed E-state index contributed by atoms with van der Waals surface area (Å²) in [5.74, 6) is -0.0446. The molecule has 0 radical (unpaired) electrons. The van der Waals surface area contributed by atoms with E-state index in [9.17, 15) is 18.0 Å². The second kappa shape index (κ2) is 6.97. The highest BCUT2D eigenvalue weighted by Gasteiger charge is 2.30. The smallest absolute Gasteiger partial charge is 0.341 e. The lowest BCUT2D eigenvalue weighted by Crippen LogP contribution is -2.51. The van der Waals surface area contributed by atoms with Gasteiger partial charge >= 0.3 is 6.18 Å². The van der Waals surface area contributed by atoms with Crippen LogP contribution in [0.25, 0.3) is 0 Å². The van der Waals surface area contributed by atoms with Crippen LogP contribution in [0.15, 0.2) is 0 Å². The average molecular weight is 266 g/mol. The summed E-state index contributed by atoms with van der Waals surface area (Å²) >= 11 is 0. The summed E-state index contributed by atoms with van der Waals surface area (Å²) in [4.78, 5) is 13.5. The Morgan fingerprint density at radius 1 is 1.44 bits per heavy atom. The van der Waals surface area contributed by atoms with E-state index in [2.05, 4.69) is 5.32 Å². The van der Waals surface area contributed by atoms with E-state index in [-0.39, 0.29) is 24.9 Å². The molecular weight excluding hydrogens is 245 g/mol. The van der Waals surface area contributed by atoms with Gasteiger partial charge in [0.1, 0.15) is 0 Å². The van der Waals surface area contributed by atoms with E-state index in [4.69, 9.17) is 0 Å². The zero-order valence-corrected chi connectivity index (χ0v) is 10.7. The highest BCUT2D eigenvalue weighted by atomic mass is 19.4. The van der Waals surface area contributed by atoms with Gasteiger partial charge in [0.25, 0.3) is 0 Å². The van der Waals surface area contributed by atoms with Gasteiger partial charge in [0, 0.05) is 19.5 Å². The highest BCUT2D eigenvalue weighted by molar-refractivity contribution is 5.82. The van der Waals surface area contributed by atoms with Crippen molar-refractivity contribution in [2.24, 2.45) is 0 Å². The van der Waals surface area contributed by atoms with Crippen LogP contribution in [0.3, 0.4) is 0 Å². The van der Waals surface area contributed by atoms with E-state index in [1.54, 1.807) is 4.90 Å². The van der Waals surface area contributed by atoms with Crippen LogP contribution in [0.5, 0.6) is 0 Å². The monoisotopic (exact) mass is 266 g/mol. The van der Waals surface area contributed by atoms with Gasteiger partial charge in [0.15, 0.2) is 0 Å². The van der Waals surface area contributed by atoms with Crippen molar-refractivity contribution < 1.29 is 18.0 Å². The van der Waals surface area contributed by atoms with Crippen LogP contribution in [0.2, 0.25) is 0 Å². The van der Waals surface area contributed by atoms with Crippen LogP contribution in [0.4, 0.5) is 13.2 Å². The highest BCUT2D eigenvalue weighted by Crippen LogP contribution is 2.22. The van der Waals surface area contributed by atoms with E-state index in [0.29, 0.717) is 6.54 Å². The van der Waals surface area contributed by atoms with Crippen molar-refractivity contribution in [2.45, 2.75) is 51.2 Å². The Morgan fingerprint density at radius 3 is 2.78 bits per heavy atom. The van der Waals surface area contributed by atoms with Crippen LogP contribution in [-0.4, -0.2) is 42.7 Å². The Morgan fingerprint density at radius 2 is 2.17 bits per heavy atom. The van der Waals surface area contributed by atoms with Gasteiger partial charge in [0.05, 0.1) is 6.04 Å². The molecule has 1 fully saturated rings. The van der Waals surface area contributed by atoms with Gasteiger partial charge in [-0.05, 0) is 32.2 Å². The lowest BCUT2D eigenvalue weighted by atomic mass is 10.0. The topological polar surface area (TPSA) is 32.3 Å². The number of alkyl halides is 3. The molecule has 0 aromatic rings. The zero-order valence-electron chi connectivity index (χ0n) is 10.7. The zero-order chi connectivity index (χ0) is 13.6. The van der Waals surface area contributed by atoms with Gasteiger partial charge in [-0.25, -0.2) is 0 Å². The van der Waals surface area contributed by atoms with E-state index in [1.807, 2.05) is 6.92 Å². The number of hydrogen-bond acceptors (Lipinski definition) is 2. The summed E-state index contributed by atoms with van der Waals surface area (Å²) in [5, 5.41) is 3.14. The molecule has 0 saturated carbocycles. The fourth-order valence-corrected chi connectivity index (χ4v) is 2.14. The largest absolute Gasteiger partial charge is 0.389 e. The first-order chi connectivity index (χ1) is 8.44. The van der Waals surface area contributed by atoms with Crippen molar-refractivity contribution in [3.05, 3.63) is 0 Å². The van der Waals surface area contributed by atoms with E-state index >= 15 is 0 Å². The molecule has 1 saturated heterocycles. The number of rotatable bonds is 6. The van der Waals surface area contributed by atoms with Crippen molar-refractivity contribution in [1.29, 1.82) is 0 Å². The van der Waals surface area contributed by atoms with Crippen molar-refractivity contribution in [3.63, 3.8) is 0 Å². The first-order valence-electron chi connectivity index (χ1n) is 6.53. The first kappa shape index (κ1) is 15.3. The van der Waals surface area contributed by atoms with Gasteiger partial charge < -0.3 is 10.2 Å². The molecule has 1 amide bonds. The number of likely N-dealkylation sites (tertiary alicyclic amines) is 1. The van der Waals surface area contributed by atoms with E-state index in [0.717, 1.165) is 25.8 Å². The first-order valence-corrected chi connectivity index (χ1v) is 6.53. The maximum Gasteiger partial charge on any atom is 0.389 e. The maximum absolute atomic E-state index is 12.0. The molecule has 1 N–H and O–H groups in total. The molecule has 1 rings (SSSR count). The minimum absolute atomic E-state index is 0.00423. The molecule has 1 aliphatic rings. The molecular formula is C12H21F3N2O. The normalized spacial score (nSPS) is 21.4. The van der Waals surface area contributed by atoms with Crippen LogP contribution in [0, 0.1) is 0 Å². The van der Waals surface area contributed by atoms with Crippen LogP contribution in [-0.2, 0) is 4.79 Å². The number of amides is 1. The third-order valence-electron chi connectivity index (χ3n) is 3.06. The van der Waals surface area contributed by atoms with Gasteiger partial charge in [-0.15, -0.1) is 0 Å². The van der Waals surface area contributed by atoms with Crippen molar-refractivity contribution in [3.8, 4) is 0 Å². The molecule has 0 bridgehead atoms. The minimum atomic E-state index is -4.13. The molecule has 1 unspecified atom stereocenters. The fraction of sp³-hybridized carbons (Fsp3) is 0.917. The lowest BCUT2D eigenvalue weighted by Gasteiger charge is -2.32. The molecule has 18 heavy (non-hydrogen) atoms. The van der Waals surface area contributed by atoms with Crippen molar-refractivity contribution in [1.82, 2.24) is 10.2 Å².